The number of benzene rings is 1. The van der Waals surface area contributed by atoms with Gasteiger partial charge in [-0.25, -0.2) is 0 Å². The van der Waals surface area contributed by atoms with Gasteiger partial charge in [0.1, 0.15) is 0 Å². The predicted molar refractivity (Wildman–Crippen MR) is 115 cm³/mol. The SMILES string of the molecule is COc1cc2c3c(c1OC)C1(C=CC(=NNC(N)=S)C=C1)CC3N(C(C)=O)CC2. The fourth-order valence-electron chi connectivity index (χ4n) is 4.75. The molecule has 0 radical (unpaired) electrons. The first-order chi connectivity index (χ1) is 13.9. The van der Waals surface area contributed by atoms with Gasteiger partial charge >= 0.3 is 0 Å². The fraction of sp³-hybridized carbons (Fsp3) is 0.381. The van der Waals surface area contributed by atoms with E-state index in [4.69, 9.17) is 27.4 Å². The van der Waals surface area contributed by atoms with Crippen LogP contribution in [-0.4, -0.2) is 42.4 Å². The predicted octanol–water partition coefficient (Wildman–Crippen LogP) is 2.11. The molecule has 1 heterocycles. The monoisotopic (exact) mass is 412 g/mol. The molecule has 1 aliphatic heterocycles. The number of carbonyl (C=O) groups excluding carboxylic acids is 1. The van der Waals surface area contributed by atoms with Crippen LogP contribution in [0, 0.1) is 0 Å². The lowest BCUT2D eigenvalue weighted by Crippen LogP contribution is -2.38. The topological polar surface area (TPSA) is 89.2 Å². The maximum atomic E-state index is 12.3. The molecule has 4 rings (SSSR count). The molecule has 3 aliphatic rings. The molecule has 8 heteroatoms. The Morgan fingerprint density at radius 1 is 1.34 bits per heavy atom. The van der Waals surface area contributed by atoms with Gasteiger partial charge < -0.3 is 20.1 Å². The Hall–Kier alpha value is -2.87. The maximum absolute atomic E-state index is 12.3. The van der Waals surface area contributed by atoms with E-state index in [-0.39, 0.29) is 17.1 Å². The summed E-state index contributed by atoms with van der Waals surface area (Å²) in [5.41, 5.74) is 11.8. The number of thiocarbonyl (C=S) groups is 1. The van der Waals surface area contributed by atoms with Gasteiger partial charge in [-0.3, -0.25) is 10.2 Å². The first-order valence-electron chi connectivity index (χ1n) is 9.47. The van der Waals surface area contributed by atoms with Crippen molar-refractivity contribution in [1.29, 1.82) is 0 Å². The van der Waals surface area contributed by atoms with Crippen LogP contribution >= 0.6 is 12.2 Å². The van der Waals surface area contributed by atoms with Crippen molar-refractivity contribution in [2.45, 2.75) is 31.2 Å². The van der Waals surface area contributed by atoms with Crippen LogP contribution in [0.4, 0.5) is 0 Å². The van der Waals surface area contributed by atoms with Crippen LogP contribution in [0.15, 0.2) is 35.5 Å². The van der Waals surface area contributed by atoms with Gasteiger partial charge in [-0.1, -0.05) is 12.2 Å². The highest BCUT2D eigenvalue weighted by Gasteiger charge is 2.49. The molecular formula is C21H24N4O3S. The van der Waals surface area contributed by atoms with E-state index >= 15 is 0 Å². The van der Waals surface area contributed by atoms with E-state index in [1.54, 1.807) is 21.1 Å². The highest BCUT2D eigenvalue weighted by Crippen LogP contribution is 2.58. The number of rotatable bonds is 3. The van der Waals surface area contributed by atoms with E-state index in [1.165, 1.54) is 11.1 Å². The van der Waals surface area contributed by atoms with Crippen molar-refractivity contribution < 1.29 is 14.3 Å². The van der Waals surface area contributed by atoms with Crippen LogP contribution in [0.3, 0.4) is 0 Å². The Kier molecular flexibility index (Phi) is 4.82. The lowest BCUT2D eigenvalue weighted by Gasteiger charge is -2.35. The Morgan fingerprint density at radius 3 is 2.66 bits per heavy atom. The van der Waals surface area contributed by atoms with E-state index in [2.05, 4.69) is 28.7 Å². The van der Waals surface area contributed by atoms with Gasteiger partial charge in [0.05, 0.1) is 26.0 Å². The zero-order valence-electron chi connectivity index (χ0n) is 16.7. The first-order valence-corrected chi connectivity index (χ1v) is 9.88. The molecule has 152 valence electrons. The Balaban J connectivity index is 1.87. The van der Waals surface area contributed by atoms with E-state index < -0.39 is 5.41 Å². The van der Waals surface area contributed by atoms with Gasteiger partial charge in [-0.05, 0) is 54.4 Å². The van der Waals surface area contributed by atoms with Gasteiger partial charge in [-0.15, -0.1) is 0 Å². The van der Waals surface area contributed by atoms with Crippen LogP contribution < -0.4 is 20.6 Å². The second-order valence-electron chi connectivity index (χ2n) is 7.46. The third-order valence-electron chi connectivity index (χ3n) is 5.93. The average molecular weight is 413 g/mol. The Labute approximate surface area is 175 Å². The second-order valence-corrected chi connectivity index (χ2v) is 7.90. The highest BCUT2D eigenvalue weighted by molar-refractivity contribution is 7.80. The lowest BCUT2D eigenvalue weighted by atomic mass is 9.77. The van der Waals surface area contributed by atoms with Crippen molar-refractivity contribution in [2.75, 3.05) is 20.8 Å². The summed E-state index contributed by atoms with van der Waals surface area (Å²) in [6, 6.07) is 2.06. The van der Waals surface area contributed by atoms with Gasteiger partial charge in [0, 0.05) is 24.4 Å². The van der Waals surface area contributed by atoms with Crippen molar-refractivity contribution >= 4 is 28.9 Å². The smallest absolute Gasteiger partial charge is 0.219 e. The quantitative estimate of drug-likeness (QED) is 0.584. The summed E-state index contributed by atoms with van der Waals surface area (Å²) in [5, 5.41) is 4.30. The molecule has 2 aliphatic carbocycles. The zero-order chi connectivity index (χ0) is 20.8. The van der Waals surface area contributed by atoms with Crippen molar-refractivity contribution in [3.63, 3.8) is 0 Å². The van der Waals surface area contributed by atoms with E-state index in [0.29, 0.717) is 18.0 Å². The number of nitrogens with two attached hydrogens (primary N) is 1. The summed E-state index contributed by atoms with van der Waals surface area (Å²) in [7, 11) is 3.31. The summed E-state index contributed by atoms with van der Waals surface area (Å²) >= 11 is 4.81. The third kappa shape index (κ3) is 3.07. The van der Waals surface area contributed by atoms with E-state index in [0.717, 1.165) is 24.2 Å². The van der Waals surface area contributed by atoms with Crippen LogP contribution in [0.1, 0.15) is 36.1 Å². The van der Waals surface area contributed by atoms with Gasteiger partial charge in [-0.2, -0.15) is 5.10 Å². The molecule has 29 heavy (non-hydrogen) atoms. The molecule has 1 atom stereocenters. The van der Waals surface area contributed by atoms with Crippen molar-refractivity contribution in [3.05, 3.63) is 47.1 Å². The number of nitrogens with zero attached hydrogens (tertiary/aromatic N) is 2. The number of hydrogen-bond donors (Lipinski definition) is 2. The zero-order valence-corrected chi connectivity index (χ0v) is 17.5. The van der Waals surface area contributed by atoms with Crippen LogP contribution in [0.25, 0.3) is 0 Å². The van der Waals surface area contributed by atoms with Gasteiger partial charge in [0.2, 0.25) is 5.91 Å². The maximum Gasteiger partial charge on any atom is 0.219 e. The molecule has 0 fully saturated rings. The summed E-state index contributed by atoms with van der Waals surface area (Å²) in [4.78, 5) is 14.3. The Morgan fingerprint density at radius 2 is 2.07 bits per heavy atom. The summed E-state index contributed by atoms with van der Waals surface area (Å²) < 4.78 is 11.4. The standard InChI is InChI=1S/C21H24N4O3S/c1-12(26)25-9-6-13-10-16(27-2)19(28-3)18-17(13)15(25)11-21(18)7-4-14(5-8-21)23-24-20(22)29/h4-5,7-8,10,15H,6,9,11H2,1-3H3,(H3,22,24,29). The number of carbonyl (C=O) groups is 1. The number of hydrazone groups is 1. The number of fused-ring (bicyclic) bond motifs is 1. The summed E-state index contributed by atoms with van der Waals surface area (Å²) in [6.07, 6.45) is 9.65. The number of nitrogens with one attached hydrogen (secondary N) is 1. The molecule has 0 saturated heterocycles. The minimum atomic E-state index is -0.408. The number of ether oxygens (including phenoxy) is 2. The van der Waals surface area contributed by atoms with Crippen LogP contribution in [-0.2, 0) is 16.6 Å². The minimum absolute atomic E-state index is 0.00795. The third-order valence-corrected chi connectivity index (χ3v) is 6.02. The van der Waals surface area contributed by atoms with E-state index in [9.17, 15) is 4.79 Å². The largest absolute Gasteiger partial charge is 0.493 e. The van der Waals surface area contributed by atoms with E-state index in [1.807, 2.05) is 17.1 Å². The molecule has 3 N–H and O–H groups in total. The van der Waals surface area contributed by atoms with Gasteiger partial charge in [0.15, 0.2) is 16.6 Å². The van der Waals surface area contributed by atoms with Crippen molar-refractivity contribution in [3.8, 4) is 11.5 Å². The van der Waals surface area contributed by atoms with Crippen molar-refractivity contribution in [2.24, 2.45) is 10.8 Å². The number of allylic oxidation sites excluding steroid dienone is 4. The Bertz CT molecular complexity index is 967. The van der Waals surface area contributed by atoms with Gasteiger partial charge in [0.25, 0.3) is 0 Å². The summed E-state index contributed by atoms with van der Waals surface area (Å²) in [6.45, 7) is 2.34. The molecule has 0 bridgehead atoms. The molecule has 7 nitrogen and oxygen atoms in total. The number of amides is 1. The van der Waals surface area contributed by atoms with Crippen molar-refractivity contribution in [1.82, 2.24) is 10.3 Å². The minimum Gasteiger partial charge on any atom is -0.493 e. The molecule has 1 spiro atoms. The number of methoxy groups -OCH3 is 2. The molecule has 0 saturated carbocycles. The van der Waals surface area contributed by atoms with Crippen LogP contribution in [0.2, 0.25) is 0 Å². The number of hydrogen-bond acceptors (Lipinski definition) is 5. The molecule has 1 unspecified atom stereocenters. The molecule has 0 aromatic heterocycles. The highest BCUT2D eigenvalue weighted by atomic mass is 32.1. The second kappa shape index (κ2) is 7.18. The molecule has 1 aromatic rings. The molecular weight excluding hydrogens is 388 g/mol. The summed E-state index contributed by atoms with van der Waals surface area (Å²) in [5.74, 6) is 1.52. The normalized spacial score (nSPS) is 23.8. The van der Waals surface area contributed by atoms with Crippen LogP contribution in [0.5, 0.6) is 11.5 Å². The fourth-order valence-corrected chi connectivity index (χ4v) is 4.80. The molecule has 1 amide bonds. The first kappa shape index (κ1) is 19.4. The lowest BCUT2D eigenvalue weighted by molar-refractivity contribution is -0.131. The average Bonchev–Trinajstić information content (AvgIpc) is 3.03. The molecule has 1 aromatic carbocycles.